The Morgan fingerprint density at radius 1 is 1.60 bits per heavy atom. The van der Waals surface area contributed by atoms with Crippen LogP contribution in [0, 0.1) is 5.92 Å². The highest BCUT2D eigenvalue weighted by atomic mass is 79.9. The highest BCUT2D eigenvalue weighted by Gasteiger charge is 2.11. The zero-order valence-corrected chi connectivity index (χ0v) is 11.7. The van der Waals surface area contributed by atoms with Crippen LogP contribution in [0.15, 0.2) is 15.9 Å². The first-order valence-corrected chi connectivity index (χ1v) is 6.60. The summed E-state index contributed by atoms with van der Waals surface area (Å²) in [5.41, 5.74) is 0. The van der Waals surface area contributed by atoms with Crippen molar-refractivity contribution in [1.29, 1.82) is 0 Å². The van der Waals surface area contributed by atoms with Gasteiger partial charge in [-0.3, -0.25) is 9.69 Å². The molecule has 0 aliphatic rings. The zero-order valence-electron chi connectivity index (χ0n) is 9.29. The molecule has 0 bridgehead atoms. The monoisotopic (exact) mass is 289 g/mol. The summed E-state index contributed by atoms with van der Waals surface area (Å²) in [7, 11) is 1.98. The highest BCUT2D eigenvalue weighted by Crippen LogP contribution is 2.20. The molecule has 0 aliphatic carbocycles. The summed E-state index contributed by atoms with van der Waals surface area (Å²) < 4.78 is 1.12. The van der Waals surface area contributed by atoms with Crippen LogP contribution in [0.4, 0.5) is 0 Å². The van der Waals surface area contributed by atoms with Crippen LogP contribution in [0.2, 0.25) is 0 Å². The molecule has 0 saturated carbocycles. The second-order valence-electron chi connectivity index (χ2n) is 4.02. The molecular weight excluding hydrogens is 274 g/mol. The standard InChI is InChI=1S/C11H16BrNOS/c1-8(2)11(14)6-13(3)5-10-4-9(12)7-15-10/h4,7-8H,5-6H2,1-3H3. The Labute approximate surface area is 103 Å². The van der Waals surface area contributed by atoms with E-state index in [0.717, 1.165) is 11.0 Å². The maximum Gasteiger partial charge on any atom is 0.149 e. The lowest BCUT2D eigenvalue weighted by Gasteiger charge is -2.15. The maximum absolute atomic E-state index is 11.5. The summed E-state index contributed by atoms with van der Waals surface area (Å²) in [6.45, 7) is 5.26. The van der Waals surface area contributed by atoms with Gasteiger partial charge in [0.25, 0.3) is 0 Å². The number of likely N-dealkylation sites (N-methyl/N-ethyl adjacent to an activating group) is 1. The van der Waals surface area contributed by atoms with E-state index in [2.05, 4.69) is 32.3 Å². The zero-order chi connectivity index (χ0) is 11.4. The normalized spacial score (nSPS) is 11.3. The Bertz CT molecular complexity index is 335. The molecule has 2 nitrogen and oxygen atoms in total. The largest absolute Gasteiger partial charge is 0.298 e. The number of thiophene rings is 1. The molecule has 0 radical (unpaired) electrons. The topological polar surface area (TPSA) is 20.3 Å². The third kappa shape index (κ3) is 4.45. The summed E-state index contributed by atoms with van der Waals surface area (Å²) in [6.07, 6.45) is 0. The Morgan fingerprint density at radius 3 is 2.73 bits per heavy atom. The number of Topliss-reactive ketones (excluding diaryl/α,β-unsaturated/α-hetero) is 1. The molecule has 1 rings (SSSR count). The van der Waals surface area contributed by atoms with Crippen molar-refractivity contribution in [1.82, 2.24) is 4.90 Å². The molecule has 1 heterocycles. The lowest BCUT2D eigenvalue weighted by Crippen LogP contribution is -2.27. The van der Waals surface area contributed by atoms with E-state index in [0.29, 0.717) is 12.3 Å². The first-order valence-electron chi connectivity index (χ1n) is 4.93. The molecule has 0 N–H and O–H groups in total. The van der Waals surface area contributed by atoms with Gasteiger partial charge in [-0.2, -0.15) is 0 Å². The van der Waals surface area contributed by atoms with Crippen molar-refractivity contribution in [3.05, 3.63) is 20.8 Å². The number of carbonyl (C=O) groups is 1. The van der Waals surface area contributed by atoms with E-state index in [4.69, 9.17) is 0 Å². The number of halogens is 1. The number of carbonyl (C=O) groups excluding carboxylic acids is 1. The minimum Gasteiger partial charge on any atom is -0.298 e. The van der Waals surface area contributed by atoms with Gasteiger partial charge in [0.15, 0.2) is 0 Å². The minimum atomic E-state index is 0.127. The number of hydrogen-bond donors (Lipinski definition) is 0. The maximum atomic E-state index is 11.5. The van der Waals surface area contributed by atoms with Gasteiger partial charge in [-0.25, -0.2) is 0 Å². The van der Waals surface area contributed by atoms with Gasteiger partial charge in [0.05, 0.1) is 6.54 Å². The molecule has 0 amide bonds. The Hall–Kier alpha value is -0.190. The fourth-order valence-corrected chi connectivity index (χ4v) is 2.74. The van der Waals surface area contributed by atoms with Gasteiger partial charge in [-0.1, -0.05) is 13.8 Å². The molecule has 0 unspecified atom stereocenters. The van der Waals surface area contributed by atoms with E-state index < -0.39 is 0 Å². The van der Waals surface area contributed by atoms with Gasteiger partial charge in [-0.05, 0) is 29.0 Å². The van der Waals surface area contributed by atoms with Gasteiger partial charge >= 0.3 is 0 Å². The van der Waals surface area contributed by atoms with E-state index >= 15 is 0 Å². The SMILES string of the molecule is CC(C)C(=O)CN(C)Cc1cc(Br)cs1. The molecule has 1 aromatic heterocycles. The third-order valence-corrected chi connectivity index (χ3v) is 3.80. The molecular formula is C11H16BrNOS. The molecule has 0 aromatic carbocycles. The molecule has 0 atom stereocenters. The Balaban J connectivity index is 2.42. The molecule has 4 heteroatoms. The lowest BCUT2D eigenvalue weighted by molar-refractivity contribution is -0.122. The number of nitrogens with zero attached hydrogens (tertiary/aromatic N) is 1. The van der Waals surface area contributed by atoms with Crippen molar-refractivity contribution < 1.29 is 4.79 Å². The van der Waals surface area contributed by atoms with Crippen LogP contribution in [0.5, 0.6) is 0 Å². The van der Waals surface area contributed by atoms with Crippen LogP contribution < -0.4 is 0 Å². The van der Waals surface area contributed by atoms with Crippen molar-refractivity contribution in [3.8, 4) is 0 Å². The molecule has 0 aliphatic heterocycles. The summed E-state index contributed by atoms with van der Waals surface area (Å²) >= 11 is 5.13. The van der Waals surface area contributed by atoms with Gasteiger partial charge in [0.2, 0.25) is 0 Å². The van der Waals surface area contributed by atoms with Crippen LogP contribution in [0.3, 0.4) is 0 Å². The predicted octanol–water partition coefficient (Wildman–Crippen LogP) is 3.17. The van der Waals surface area contributed by atoms with Gasteiger partial charge < -0.3 is 0 Å². The van der Waals surface area contributed by atoms with Crippen molar-refractivity contribution in [2.45, 2.75) is 20.4 Å². The molecule has 0 fully saturated rings. The number of rotatable bonds is 5. The fraction of sp³-hybridized carbons (Fsp3) is 0.545. The van der Waals surface area contributed by atoms with E-state index in [9.17, 15) is 4.79 Å². The smallest absolute Gasteiger partial charge is 0.149 e. The third-order valence-electron chi connectivity index (χ3n) is 2.12. The van der Waals surface area contributed by atoms with E-state index in [1.54, 1.807) is 11.3 Å². The van der Waals surface area contributed by atoms with Gasteiger partial charge in [-0.15, -0.1) is 11.3 Å². The lowest BCUT2D eigenvalue weighted by atomic mass is 10.1. The van der Waals surface area contributed by atoms with E-state index in [-0.39, 0.29) is 5.92 Å². The fourth-order valence-electron chi connectivity index (χ4n) is 1.21. The van der Waals surface area contributed by atoms with Gasteiger partial charge in [0.1, 0.15) is 5.78 Å². The van der Waals surface area contributed by atoms with Crippen molar-refractivity contribution in [2.75, 3.05) is 13.6 Å². The average Bonchev–Trinajstić information content (AvgIpc) is 2.50. The first-order chi connectivity index (χ1) is 6.99. The summed E-state index contributed by atoms with van der Waals surface area (Å²) in [5.74, 6) is 0.427. The number of hydrogen-bond acceptors (Lipinski definition) is 3. The van der Waals surface area contributed by atoms with Crippen LogP contribution in [-0.4, -0.2) is 24.3 Å². The first kappa shape index (κ1) is 12.9. The molecule has 0 spiro atoms. The second-order valence-corrected chi connectivity index (χ2v) is 5.94. The second kappa shape index (κ2) is 5.77. The van der Waals surface area contributed by atoms with Crippen LogP contribution in [0.25, 0.3) is 0 Å². The van der Waals surface area contributed by atoms with E-state index in [1.807, 2.05) is 20.9 Å². The predicted molar refractivity (Wildman–Crippen MR) is 68.2 cm³/mol. The quantitative estimate of drug-likeness (QED) is 0.830. The van der Waals surface area contributed by atoms with Crippen molar-refractivity contribution >= 4 is 33.0 Å². The van der Waals surface area contributed by atoms with Crippen molar-refractivity contribution in [3.63, 3.8) is 0 Å². The Kier molecular flexibility index (Phi) is 4.96. The minimum absolute atomic E-state index is 0.127. The Morgan fingerprint density at radius 2 is 2.27 bits per heavy atom. The van der Waals surface area contributed by atoms with Crippen LogP contribution in [-0.2, 0) is 11.3 Å². The van der Waals surface area contributed by atoms with Gasteiger partial charge in [0, 0.05) is 27.2 Å². The van der Waals surface area contributed by atoms with Crippen molar-refractivity contribution in [2.24, 2.45) is 5.92 Å². The van der Waals surface area contributed by atoms with Crippen LogP contribution in [0.1, 0.15) is 18.7 Å². The molecule has 84 valence electrons. The number of ketones is 1. The molecule has 15 heavy (non-hydrogen) atoms. The summed E-state index contributed by atoms with van der Waals surface area (Å²) in [5, 5.41) is 2.06. The average molecular weight is 290 g/mol. The highest BCUT2D eigenvalue weighted by molar-refractivity contribution is 9.10. The summed E-state index contributed by atoms with van der Waals surface area (Å²) in [4.78, 5) is 14.8. The van der Waals surface area contributed by atoms with E-state index in [1.165, 1.54) is 4.88 Å². The molecule has 1 aromatic rings. The summed E-state index contributed by atoms with van der Waals surface area (Å²) in [6, 6.07) is 2.10. The molecule has 0 saturated heterocycles. The van der Waals surface area contributed by atoms with Crippen LogP contribution >= 0.6 is 27.3 Å².